The number of halogens is 1. The number of amides is 2. The van der Waals surface area contributed by atoms with Crippen LogP contribution in [-0.4, -0.2) is 26.4 Å². The van der Waals surface area contributed by atoms with Crippen molar-refractivity contribution in [1.82, 2.24) is 4.72 Å². The number of nitrogens with one attached hydrogen (secondary N) is 4. The fourth-order valence-corrected chi connectivity index (χ4v) is 4.08. The SMILES string of the molecule is O=C(Nc1ccc(NC(=O)[C@@H]2Nc3cc(F)ccc3S(=O)(=O)N2)cc1)c1ccco1. The van der Waals surface area contributed by atoms with E-state index in [-0.39, 0.29) is 16.3 Å². The van der Waals surface area contributed by atoms with Gasteiger partial charge >= 0.3 is 0 Å². The zero-order valence-electron chi connectivity index (χ0n) is 15.2. The van der Waals surface area contributed by atoms with Crippen LogP contribution in [0.5, 0.6) is 0 Å². The highest BCUT2D eigenvalue weighted by molar-refractivity contribution is 7.89. The minimum Gasteiger partial charge on any atom is -0.459 e. The lowest BCUT2D eigenvalue weighted by atomic mass is 10.2. The van der Waals surface area contributed by atoms with Gasteiger partial charge < -0.3 is 20.4 Å². The van der Waals surface area contributed by atoms with Crippen molar-refractivity contribution in [2.24, 2.45) is 0 Å². The molecule has 3 aromatic rings. The first-order valence-electron chi connectivity index (χ1n) is 8.66. The van der Waals surface area contributed by atoms with Crippen molar-refractivity contribution in [1.29, 1.82) is 0 Å². The van der Waals surface area contributed by atoms with E-state index in [1.54, 1.807) is 18.2 Å². The number of benzene rings is 2. The predicted molar refractivity (Wildman–Crippen MR) is 106 cm³/mol. The number of sulfonamides is 1. The molecule has 2 heterocycles. The second-order valence-electron chi connectivity index (χ2n) is 6.34. The van der Waals surface area contributed by atoms with Crippen LogP contribution < -0.4 is 20.7 Å². The minimum absolute atomic E-state index is 0.00936. The third-order valence-corrected chi connectivity index (χ3v) is 5.70. The Morgan fingerprint density at radius 1 is 1.00 bits per heavy atom. The minimum atomic E-state index is -3.98. The molecule has 1 aliphatic rings. The van der Waals surface area contributed by atoms with Crippen LogP contribution in [0.15, 0.2) is 70.2 Å². The summed E-state index contributed by atoms with van der Waals surface area (Å²) in [4.78, 5) is 24.3. The van der Waals surface area contributed by atoms with Gasteiger partial charge in [0.1, 0.15) is 10.7 Å². The van der Waals surface area contributed by atoms with Crippen molar-refractivity contribution in [2.75, 3.05) is 16.0 Å². The standard InChI is InChI=1S/C19H15FN4O5S/c20-11-3-8-16-14(10-11)23-17(24-30(16,27)28)19(26)22-13-6-4-12(5-7-13)21-18(25)15-2-1-9-29-15/h1-10,17,23-24H,(H,21,25)(H,22,26)/t17-/m1/s1. The van der Waals surface area contributed by atoms with Crippen LogP contribution in [0.1, 0.15) is 10.6 Å². The molecule has 0 saturated carbocycles. The second-order valence-corrected chi connectivity index (χ2v) is 8.02. The molecule has 1 aliphatic heterocycles. The average Bonchev–Trinajstić information content (AvgIpc) is 3.23. The maximum absolute atomic E-state index is 13.4. The van der Waals surface area contributed by atoms with E-state index in [0.717, 1.165) is 18.2 Å². The van der Waals surface area contributed by atoms with Gasteiger partial charge in [-0.15, -0.1) is 0 Å². The molecule has 2 amide bonds. The van der Waals surface area contributed by atoms with Crippen molar-refractivity contribution in [3.8, 4) is 0 Å². The molecule has 0 fully saturated rings. The monoisotopic (exact) mass is 430 g/mol. The number of rotatable bonds is 4. The van der Waals surface area contributed by atoms with E-state index < -0.39 is 33.8 Å². The summed E-state index contributed by atoms with van der Waals surface area (Å²) >= 11 is 0. The molecule has 154 valence electrons. The molecule has 0 saturated heterocycles. The molecule has 0 radical (unpaired) electrons. The Labute approximate surface area is 170 Å². The number of carbonyl (C=O) groups is 2. The Balaban J connectivity index is 1.43. The van der Waals surface area contributed by atoms with Gasteiger partial charge in [0.2, 0.25) is 10.0 Å². The molecule has 0 spiro atoms. The van der Waals surface area contributed by atoms with Gasteiger partial charge in [0.25, 0.3) is 11.8 Å². The van der Waals surface area contributed by atoms with Gasteiger partial charge in [-0.1, -0.05) is 0 Å². The lowest BCUT2D eigenvalue weighted by Crippen LogP contribution is -2.51. The molecular formula is C19H15FN4O5S. The van der Waals surface area contributed by atoms with Crippen molar-refractivity contribution in [2.45, 2.75) is 11.1 Å². The predicted octanol–water partition coefficient (Wildman–Crippen LogP) is 2.34. The number of furan rings is 1. The molecule has 30 heavy (non-hydrogen) atoms. The Bertz CT molecular complexity index is 1210. The van der Waals surface area contributed by atoms with Gasteiger partial charge in [-0.05, 0) is 54.6 Å². The summed E-state index contributed by atoms with van der Waals surface area (Å²) < 4.78 is 45.2. The van der Waals surface area contributed by atoms with Crippen LogP contribution in [0.25, 0.3) is 0 Å². The molecule has 4 rings (SSSR count). The normalized spacial score (nSPS) is 16.8. The molecule has 0 unspecified atom stereocenters. The van der Waals surface area contributed by atoms with Gasteiger partial charge in [-0.25, -0.2) is 12.8 Å². The van der Waals surface area contributed by atoms with E-state index in [1.807, 2.05) is 0 Å². The third-order valence-electron chi connectivity index (χ3n) is 4.22. The first-order valence-corrected chi connectivity index (χ1v) is 10.1. The van der Waals surface area contributed by atoms with Crippen molar-refractivity contribution in [3.63, 3.8) is 0 Å². The molecule has 11 heteroatoms. The molecule has 2 aromatic carbocycles. The summed E-state index contributed by atoms with van der Waals surface area (Å²) in [5.41, 5.74) is 0.821. The van der Waals surface area contributed by atoms with Crippen LogP contribution in [-0.2, 0) is 14.8 Å². The van der Waals surface area contributed by atoms with Gasteiger partial charge in [0.15, 0.2) is 11.9 Å². The zero-order chi connectivity index (χ0) is 21.3. The summed E-state index contributed by atoms with van der Waals surface area (Å²) in [5.74, 6) is -1.60. The topological polar surface area (TPSA) is 130 Å². The van der Waals surface area contributed by atoms with Crippen LogP contribution in [0.3, 0.4) is 0 Å². The van der Waals surface area contributed by atoms with E-state index >= 15 is 0 Å². The Hall–Kier alpha value is -3.70. The van der Waals surface area contributed by atoms with E-state index in [9.17, 15) is 22.4 Å². The molecular weight excluding hydrogens is 415 g/mol. The van der Waals surface area contributed by atoms with Gasteiger partial charge in [-0.2, -0.15) is 4.72 Å². The molecule has 0 bridgehead atoms. The Morgan fingerprint density at radius 2 is 1.70 bits per heavy atom. The molecule has 1 aromatic heterocycles. The fraction of sp³-hybridized carbons (Fsp3) is 0.0526. The smallest absolute Gasteiger partial charge is 0.291 e. The largest absolute Gasteiger partial charge is 0.459 e. The van der Waals surface area contributed by atoms with Crippen molar-refractivity contribution < 1.29 is 26.8 Å². The highest BCUT2D eigenvalue weighted by Crippen LogP contribution is 2.27. The quantitative estimate of drug-likeness (QED) is 0.503. The summed E-state index contributed by atoms with van der Waals surface area (Å²) in [5, 5.41) is 7.84. The number of hydrogen-bond acceptors (Lipinski definition) is 6. The van der Waals surface area contributed by atoms with Crippen LogP contribution >= 0.6 is 0 Å². The number of hydrogen-bond donors (Lipinski definition) is 4. The molecule has 4 N–H and O–H groups in total. The van der Waals surface area contributed by atoms with Crippen LogP contribution in [0, 0.1) is 5.82 Å². The first-order chi connectivity index (χ1) is 14.3. The van der Waals surface area contributed by atoms with Gasteiger partial charge in [-0.3, -0.25) is 9.59 Å². The third kappa shape index (κ3) is 4.02. The maximum Gasteiger partial charge on any atom is 0.291 e. The summed E-state index contributed by atoms with van der Waals surface area (Å²) in [6.45, 7) is 0. The first kappa shape index (κ1) is 19.6. The van der Waals surface area contributed by atoms with Crippen molar-refractivity contribution >= 4 is 38.9 Å². The lowest BCUT2D eigenvalue weighted by Gasteiger charge is -2.27. The fourth-order valence-electron chi connectivity index (χ4n) is 2.82. The Morgan fingerprint density at radius 3 is 2.37 bits per heavy atom. The van der Waals surface area contributed by atoms with Crippen LogP contribution in [0.4, 0.5) is 21.5 Å². The highest BCUT2D eigenvalue weighted by Gasteiger charge is 2.33. The number of anilines is 3. The highest BCUT2D eigenvalue weighted by atomic mass is 32.2. The molecule has 0 aliphatic carbocycles. The second kappa shape index (κ2) is 7.61. The van der Waals surface area contributed by atoms with Crippen molar-refractivity contribution in [3.05, 3.63) is 72.4 Å². The Kier molecular flexibility index (Phi) is 4.98. The molecule has 1 atom stereocenters. The summed E-state index contributed by atoms with van der Waals surface area (Å²) in [6, 6.07) is 12.4. The zero-order valence-corrected chi connectivity index (χ0v) is 16.0. The number of fused-ring (bicyclic) bond motifs is 1. The molecule has 9 nitrogen and oxygen atoms in total. The van der Waals surface area contributed by atoms with E-state index in [1.165, 1.54) is 24.5 Å². The maximum atomic E-state index is 13.4. The van der Waals surface area contributed by atoms with Crippen LogP contribution in [0.2, 0.25) is 0 Å². The van der Waals surface area contributed by atoms with Gasteiger partial charge in [0.05, 0.1) is 12.0 Å². The lowest BCUT2D eigenvalue weighted by molar-refractivity contribution is -0.117. The average molecular weight is 430 g/mol. The van der Waals surface area contributed by atoms with E-state index in [4.69, 9.17) is 4.42 Å². The van der Waals surface area contributed by atoms with E-state index in [0.29, 0.717) is 11.4 Å². The van der Waals surface area contributed by atoms with E-state index in [2.05, 4.69) is 20.7 Å². The van der Waals surface area contributed by atoms with Gasteiger partial charge in [0, 0.05) is 11.4 Å². The number of carbonyl (C=O) groups excluding carboxylic acids is 2. The summed E-state index contributed by atoms with van der Waals surface area (Å²) in [6.07, 6.45) is 0.0519. The summed E-state index contributed by atoms with van der Waals surface area (Å²) in [7, 11) is -3.98.